The average Bonchev–Trinajstić information content (AvgIpc) is 3.12. The number of fused-ring (bicyclic) bond motifs is 1. The second-order valence-electron chi connectivity index (χ2n) is 10.4. The van der Waals surface area contributed by atoms with Gasteiger partial charge in [-0.3, -0.25) is 0 Å². The number of allylic oxidation sites excluding steroid dienone is 4. The lowest BCUT2D eigenvalue weighted by Crippen LogP contribution is -2.31. The van der Waals surface area contributed by atoms with Crippen molar-refractivity contribution < 1.29 is 5.11 Å². The number of benzene rings is 2. The van der Waals surface area contributed by atoms with E-state index in [9.17, 15) is 5.11 Å². The van der Waals surface area contributed by atoms with E-state index in [0.29, 0.717) is 0 Å². The number of hydrogen-bond donors (Lipinski definition) is 2. The molecular weight excluding hydrogens is 484 g/mol. The van der Waals surface area contributed by atoms with Gasteiger partial charge in [-0.2, -0.15) is 0 Å². The monoisotopic (exact) mass is 524 g/mol. The minimum absolute atomic E-state index is 0.124. The molecule has 1 heterocycles. The van der Waals surface area contributed by atoms with Crippen molar-refractivity contribution in [1.82, 2.24) is 10.2 Å². The fraction of sp³-hybridized carbons (Fsp3) is 0.294. The number of rotatable bonds is 9. The number of nitrogens with zero attached hydrogens (tertiary/aromatic N) is 1. The molecule has 0 saturated carbocycles. The molecule has 0 aromatic heterocycles. The Morgan fingerprint density at radius 2 is 1.97 bits per heavy atom. The van der Waals surface area contributed by atoms with Crippen molar-refractivity contribution in [3.8, 4) is 5.75 Å². The first kappa shape index (κ1) is 27.7. The number of hydrogen-bond acceptors (Lipinski definition) is 4. The Kier molecular flexibility index (Phi) is 8.73. The first-order valence-electron chi connectivity index (χ1n) is 13.2. The molecule has 38 heavy (non-hydrogen) atoms. The number of nitrogens with one attached hydrogen (secondary N) is 1. The molecular formula is C34H40N2OS. The summed E-state index contributed by atoms with van der Waals surface area (Å²) in [6.45, 7) is 21.4. The minimum Gasteiger partial charge on any atom is -0.508 e. The quantitative estimate of drug-likeness (QED) is 0.325. The van der Waals surface area contributed by atoms with Crippen LogP contribution in [-0.2, 0) is 13.0 Å². The predicted molar refractivity (Wildman–Crippen MR) is 166 cm³/mol. The summed E-state index contributed by atoms with van der Waals surface area (Å²) in [5, 5.41) is 13.7. The molecule has 1 aliphatic heterocycles. The van der Waals surface area contributed by atoms with Crippen molar-refractivity contribution >= 4 is 23.2 Å². The molecule has 0 saturated heterocycles. The lowest BCUT2D eigenvalue weighted by molar-refractivity contribution is 0.372. The lowest BCUT2D eigenvalue weighted by atomic mass is 9.87. The average molecular weight is 525 g/mol. The highest BCUT2D eigenvalue weighted by Crippen LogP contribution is 2.34. The highest BCUT2D eigenvalue weighted by molar-refractivity contribution is 8.02. The summed E-state index contributed by atoms with van der Waals surface area (Å²) in [5.41, 5.74) is 11.9. The first-order chi connectivity index (χ1) is 18.2. The molecule has 2 aromatic carbocycles. The maximum Gasteiger partial charge on any atom is 0.116 e. The summed E-state index contributed by atoms with van der Waals surface area (Å²) in [6.07, 6.45) is 13.8. The Bertz CT molecular complexity index is 1360. The number of aromatic hydroxyl groups is 1. The van der Waals surface area contributed by atoms with Crippen molar-refractivity contribution in [2.45, 2.75) is 52.6 Å². The number of thioether (sulfide) groups is 1. The molecule has 1 atom stereocenters. The van der Waals surface area contributed by atoms with E-state index in [2.05, 4.69) is 87.4 Å². The van der Waals surface area contributed by atoms with Crippen LogP contribution in [0.2, 0.25) is 0 Å². The third kappa shape index (κ3) is 6.19. The van der Waals surface area contributed by atoms with Gasteiger partial charge in [0, 0.05) is 40.5 Å². The van der Waals surface area contributed by atoms with Gasteiger partial charge in [0.2, 0.25) is 0 Å². The van der Waals surface area contributed by atoms with Gasteiger partial charge in [0.1, 0.15) is 5.75 Å². The lowest BCUT2D eigenvalue weighted by Gasteiger charge is -2.34. The molecule has 3 nitrogen and oxygen atoms in total. The molecule has 0 amide bonds. The number of phenols is 1. The maximum atomic E-state index is 9.91. The molecule has 0 radical (unpaired) electrons. The van der Waals surface area contributed by atoms with Crippen LogP contribution in [0, 0.1) is 13.8 Å². The Balaban J connectivity index is 1.53. The van der Waals surface area contributed by atoms with E-state index in [1.807, 2.05) is 12.1 Å². The third-order valence-electron chi connectivity index (χ3n) is 7.62. The summed E-state index contributed by atoms with van der Waals surface area (Å²) in [7, 11) is 0. The molecule has 0 spiro atoms. The van der Waals surface area contributed by atoms with Gasteiger partial charge >= 0.3 is 0 Å². The molecule has 2 N–H and O–H groups in total. The van der Waals surface area contributed by atoms with Crippen molar-refractivity contribution in [1.29, 1.82) is 0 Å². The highest BCUT2D eigenvalue weighted by Gasteiger charge is 2.24. The largest absolute Gasteiger partial charge is 0.508 e. The summed E-state index contributed by atoms with van der Waals surface area (Å²) in [5.74, 6) is 0.268. The molecule has 1 aliphatic carbocycles. The second kappa shape index (κ2) is 12.0. The van der Waals surface area contributed by atoms with Gasteiger partial charge in [0.15, 0.2) is 0 Å². The second-order valence-corrected chi connectivity index (χ2v) is 11.3. The Morgan fingerprint density at radius 3 is 2.68 bits per heavy atom. The third-order valence-corrected chi connectivity index (χ3v) is 8.35. The molecule has 0 bridgehead atoms. The van der Waals surface area contributed by atoms with Crippen LogP contribution in [0.4, 0.5) is 0 Å². The zero-order valence-corrected chi connectivity index (χ0v) is 24.0. The molecule has 4 rings (SSSR count). The van der Waals surface area contributed by atoms with Crippen LogP contribution < -0.4 is 5.32 Å². The van der Waals surface area contributed by atoms with Gasteiger partial charge < -0.3 is 15.3 Å². The van der Waals surface area contributed by atoms with E-state index < -0.39 is 0 Å². The Hall–Kier alpha value is -3.37. The standard InChI is InChI=1S/C34H40N2OS/c1-22(2)33(19-27-11-8-9-14-31(18-27)38-7)35-25(5)34-23(3)17-29-21-36(16-15-32(29)24(34)4)26(6)28-12-10-13-30(37)20-28/h8-10,12-14,17-18,20,33,35,37H,1,5-6,11,15-16,19,21H2,2-4,7H3. The van der Waals surface area contributed by atoms with E-state index in [1.54, 1.807) is 23.9 Å². The summed E-state index contributed by atoms with van der Waals surface area (Å²) < 4.78 is 0. The number of aryl methyl sites for hydroxylation is 1. The smallest absolute Gasteiger partial charge is 0.116 e. The molecule has 4 heteroatoms. The number of phenolic OH excluding ortho intramolecular Hbond substituents is 1. The molecule has 2 aromatic rings. The van der Waals surface area contributed by atoms with Gasteiger partial charge in [-0.05, 0) is 92.8 Å². The SMILES string of the molecule is C=C(NC(CC1=CC(SC)=CC=CC1)C(=C)C)c1c(C)cc2c(c1C)CCN(C(=C)c1cccc(O)c1)C2. The zero-order chi connectivity index (χ0) is 27.4. The molecule has 198 valence electrons. The van der Waals surface area contributed by atoms with E-state index in [1.165, 1.54) is 38.3 Å². The van der Waals surface area contributed by atoms with Crippen molar-refractivity contribution in [2.24, 2.45) is 0 Å². The van der Waals surface area contributed by atoms with Crippen molar-refractivity contribution in [3.63, 3.8) is 0 Å². The van der Waals surface area contributed by atoms with Crippen LogP contribution in [0.5, 0.6) is 5.75 Å². The maximum absolute atomic E-state index is 9.91. The fourth-order valence-corrected chi connectivity index (χ4v) is 6.04. The normalized spacial score (nSPS) is 15.6. The van der Waals surface area contributed by atoms with E-state index in [0.717, 1.165) is 54.9 Å². The Labute approximate surface area is 233 Å². The van der Waals surface area contributed by atoms with Crippen LogP contribution in [0.1, 0.15) is 53.1 Å². The molecule has 2 aliphatic rings. The van der Waals surface area contributed by atoms with Crippen LogP contribution in [0.15, 0.2) is 90.4 Å². The van der Waals surface area contributed by atoms with E-state index in [4.69, 9.17) is 0 Å². The van der Waals surface area contributed by atoms with Crippen LogP contribution in [-0.4, -0.2) is 28.8 Å². The van der Waals surface area contributed by atoms with Crippen LogP contribution in [0.25, 0.3) is 11.4 Å². The molecule has 0 fully saturated rings. The van der Waals surface area contributed by atoms with E-state index >= 15 is 0 Å². The molecule has 1 unspecified atom stereocenters. The van der Waals surface area contributed by atoms with Gasteiger partial charge in [-0.1, -0.05) is 61.2 Å². The summed E-state index contributed by atoms with van der Waals surface area (Å²) in [4.78, 5) is 3.60. The fourth-order valence-electron chi connectivity index (χ4n) is 5.54. The Morgan fingerprint density at radius 1 is 1.18 bits per heavy atom. The zero-order valence-electron chi connectivity index (χ0n) is 23.2. The summed E-state index contributed by atoms with van der Waals surface area (Å²) >= 11 is 1.78. The topological polar surface area (TPSA) is 35.5 Å². The van der Waals surface area contributed by atoms with Crippen molar-refractivity contribution in [3.05, 3.63) is 124 Å². The predicted octanol–water partition coefficient (Wildman–Crippen LogP) is 8.07. The highest BCUT2D eigenvalue weighted by atomic mass is 32.2. The van der Waals surface area contributed by atoms with Gasteiger partial charge in [0.05, 0.1) is 6.04 Å². The van der Waals surface area contributed by atoms with E-state index in [-0.39, 0.29) is 11.8 Å². The van der Waals surface area contributed by atoms with Crippen molar-refractivity contribution in [2.75, 3.05) is 12.8 Å². The van der Waals surface area contributed by atoms with Crippen LogP contribution >= 0.6 is 11.8 Å². The first-order valence-corrected chi connectivity index (χ1v) is 14.5. The summed E-state index contributed by atoms with van der Waals surface area (Å²) in [6, 6.07) is 9.79. The van der Waals surface area contributed by atoms with Gasteiger partial charge in [-0.25, -0.2) is 0 Å². The van der Waals surface area contributed by atoms with Crippen LogP contribution in [0.3, 0.4) is 0 Å². The van der Waals surface area contributed by atoms with Gasteiger partial charge in [0.25, 0.3) is 0 Å². The van der Waals surface area contributed by atoms with Gasteiger partial charge in [-0.15, -0.1) is 11.8 Å². The minimum atomic E-state index is 0.124.